The summed E-state index contributed by atoms with van der Waals surface area (Å²) in [6.07, 6.45) is 9.18. The summed E-state index contributed by atoms with van der Waals surface area (Å²) < 4.78 is 12.1. The average Bonchev–Trinajstić information content (AvgIpc) is 2.92. The molecule has 2 heterocycles. The molecule has 0 amide bonds. The summed E-state index contributed by atoms with van der Waals surface area (Å²) >= 11 is 0. The maximum absolute atomic E-state index is 6.19. The molecule has 0 aromatic carbocycles. The van der Waals surface area contributed by atoms with Crippen molar-refractivity contribution in [2.75, 3.05) is 26.2 Å². The lowest BCUT2D eigenvalue weighted by atomic mass is 9.94. The molecule has 1 unspecified atom stereocenters. The molecule has 1 aliphatic carbocycles. The molecule has 3 heteroatoms. The van der Waals surface area contributed by atoms with Gasteiger partial charge in [0, 0.05) is 19.4 Å². The van der Waals surface area contributed by atoms with Gasteiger partial charge in [0.15, 0.2) is 5.79 Å². The Labute approximate surface area is 98.1 Å². The minimum absolute atomic E-state index is 0.178. The van der Waals surface area contributed by atoms with Gasteiger partial charge in [-0.15, -0.1) is 0 Å². The highest BCUT2D eigenvalue weighted by Crippen LogP contribution is 2.37. The molecule has 1 spiro atoms. The maximum Gasteiger partial charge on any atom is 0.168 e. The van der Waals surface area contributed by atoms with Gasteiger partial charge in [0.25, 0.3) is 0 Å². The van der Waals surface area contributed by atoms with Gasteiger partial charge in [-0.2, -0.15) is 0 Å². The Kier molecular flexibility index (Phi) is 3.18. The molecule has 3 fully saturated rings. The first-order chi connectivity index (χ1) is 7.86. The Morgan fingerprint density at radius 1 is 1.00 bits per heavy atom. The van der Waals surface area contributed by atoms with Crippen molar-refractivity contribution < 1.29 is 9.47 Å². The molecule has 0 radical (unpaired) electrons. The number of rotatable bonds is 2. The van der Waals surface area contributed by atoms with E-state index < -0.39 is 0 Å². The molecule has 3 rings (SSSR count). The molecule has 0 aromatic heterocycles. The lowest BCUT2D eigenvalue weighted by Gasteiger charge is -2.32. The quantitative estimate of drug-likeness (QED) is 0.719. The van der Waals surface area contributed by atoms with Crippen molar-refractivity contribution in [2.45, 2.75) is 56.8 Å². The van der Waals surface area contributed by atoms with Crippen molar-refractivity contribution in [3.63, 3.8) is 0 Å². The molecule has 0 aromatic rings. The molecular formula is C13H23NO2. The number of nitrogens with zero attached hydrogens (tertiary/aromatic N) is 1. The van der Waals surface area contributed by atoms with Crippen molar-refractivity contribution in [1.82, 2.24) is 4.90 Å². The first-order valence-electron chi connectivity index (χ1n) is 6.90. The van der Waals surface area contributed by atoms with Gasteiger partial charge in [0.1, 0.15) is 0 Å². The van der Waals surface area contributed by atoms with Crippen LogP contribution in [0.15, 0.2) is 0 Å². The monoisotopic (exact) mass is 225 g/mol. The molecule has 0 N–H and O–H groups in total. The van der Waals surface area contributed by atoms with Gasteiger partial charge in [0.2, 0.25) is 0 Å². The summed E-state index contributed by atoms with van der Waals surface area (Å²) in [4.78, 5) is 2.52. The topological polar surface area (TPSA) is 21.7 Å². The lowest BCUT2D eigenvalue weighted by Crippen LogP contribution is -2.36. The maximum atomic E-state index is 6.19. The first-order valence-corrected chi connectivity index (χ1v) is 6.90. The Morgan fingerprint density at radius 2 is 1.75 bits per heavy atom. The molecule has 3 nitrogen and oxygen atoms in total. The van der Waals surface area contributed by atoms with E-state index in [1.165, 1.54) is 45.2 Å². The second-order valence-electron chi connectivity index (χ2n) is 5.53. The molecule has 3 aliphatic rings. The van der Waals surface area contributed by atoms with Crippen molar-refractivity contribution in [1.29, 1.82) is 0 Å². The van der Waals surface area contributed by atoms with Crippen LogP contribution in [0, 0.1) is 0 Å². The fourth-order valence-corrected chi connectivity index (χ4v) is 3.31. The van der Waals surface area contributed by atoms with Crippen LogP contribution in [-0.2, 0) is 9.47 Å². The van der Waals surface area contributed by atoms with Gasteiger partial charge in [-0.05, 0) is 38.8 Å². The van der Waals surface area contributed by atoms with Crippen LogP contribution in [-0.4, -0.2) is 43.0 Å². The number of hydrogen-bond acceptors (Lipinski definition) is 3. The molecule has 92 valence electrons. The summed E-state index contributed by atoms with van der Waals surface area (Å²) in [6.45, 7) is 4.41. The third-order valence-corrected chi connectivity index (χ3v) is 4.19. The Hall–Kier alpha value is -0.120. The van der Waals surface area contributed by atoms with Gasteiger partial charge in [-0.25, -0.2) is 0 Å². The third kappa shape index (κ3) is 2.27. The summed E-state index contributed by atoms with van der Waals surface area (Å²) in [5.41, 5.74) is 0. The van der Waals surface area contributed by atoms with E-state index in [0.29, 0.717) is 6.10 Å². The van der Waals surface area contributed by atoms with Gasteiger partial charge >= 0.3 is 0 Å². The predicted octanol–water partition coefficient (Wildman–Crippen LogP) is 2.16. The summed E-state index contributed by atoms with van der Waals surface area (Å²) in [6, 6.07) is 0. The van der Waals surface area contributed by atoms with Gasteiger partial charge < -0.3 is 14.4 Å². The number of ether oxygens (including phenoxy) is 2. The van der Waals surface area contributed by atoms with Crippen molar-refractivity contribution in [2.24, 2.45) is 0 Å². The summed E-state index contributed by atoms with van der Waals surface area (Å²) in [5, 5.41) is 0. The zero-order valence-corrected chi connectivity index (χ0v) is 10.1. The van der Waals surface area contributed by atoms with Crippen LogP contribution in [0.2, 0.25) is 0 Å². The molecule has 2 saturated heterocycles. The van der Waals surface area contributed by atoms with Crippen LogP contribution in [0.4, 0.5) is 0 Å². The van der Waals surface area contributed by atoms with E-state index in [1.807, 2.05) is 0 Å². The molecule has 16 heavy (non-hydrogen) atoms. The van der Waals surface area contributed by atoms with E-state index in [-0.39, 0.29) is 5.79 Å². The van der Waals surface area contributed by atoms with E-state index >= 15 is 0 Å². The fourth-order valence-electron chi connectivity index (χ4n) is 3.31. The van der Waals surface area contributed by atoms with Gasteiger partial charge in [0.05, 0.1) is 12.7 Å². The standard InChI is InChI=1S/C13H23NO2/c1-2-6-13(7-3-1)15-11-12(16-13)10-14-8-4-5-9-14/h12H,1-11H2. The largest absolute Gasteiger partial charge is 0.347 e. The van der Waals surface area contributed by atoms with Crippen molar-refractivity contribution in [3.8, 4) is 0 Å². The van der Waals surface area contributed by atoms with Crippen molar-refractivity contribution >= 4 is 0 Å². The number of hydrogen-bond donors (Lipinski definition) is 0. The van der Waals surface area contributed by atoms with Crippen molar-refractivity contribution in [3.05, 3.63) is 0 Å². The Morgan fingerprint density at radius 3 is 2.50 bits per heavy atom. The lowest BCUT2D eigenvalue weighted by molar-refractivity contribution is -0.188. The van der Waals surface area contributed by atoms with E-state index in [4.69, 9.17) is 9.47 Å². The van der Waals surface area contributed by atoms with Crippen LogP contribution in [0.1, 0.15) is 44.9 Å². The highest BCUT2D eigenvalue weighted by Gasteiger charge is 2.42. The molecule has 1 atom stereocenters. The van der Waals surface area contributed by atoms with Crippen LogP contribution < -0.4 is 0 Å². The SMILES string of the molecule is C1CCC2(CC1)OCC(CN1CCCC1)O2. The number of likely N-dealkylation sites (tertiary alicyclic amines) is 1. The van der Waals surface area contributed by atoms with E-state index in [2.05, 4.69) is 4.90 Å². The summed E-state index contributed by atoms with van der Waals surface area (Å²) in [7, 11) is 0. The van der Waals surface area contributed by atoms with Gasteiger partial charge in [-0.3, -0.25) is 0 Å². The van der Waals surface area contributed by atoms with Crippen LogP contribution in [0.3, 0.4) is 0 Å². The Balaban J connectivity index is 1.51. The minimum atomic E-state index is -0.178. The van der Waals surface area contributed by atoms with Crippen LogP contribution in [0.5, 0.6) is 0 Å². The van der Waals surface area contributed by atoms with Crippen LogP contribution >= 0.6 is 0 Å². The smallest absolute Gasteiger partial charge is 0.168 e. The minimum Gasteiger partial charge on any atom is -0.347 e. The average molecular weight is 225 g/mol. The second kappa shape index (κ2) is 4.63. The molecule has 0 bridgehead atoms. The van der Waals surface area contributed by atoms with Crippen LogP contribution in [0.25, 0.3) is 0 Å². The summed E-state index contributed by atoms with van der Waals surface area (Å²) in [5.74, 6) is -0.178. The van der Waals surface area contributed by atoms with E-state index in [0.717, 1.165) is 26.0 Å². The predicted molar refractivity (Wildman–Crippen MR) is 62.3 cm³/mol. The molecule has 2 aliphatic heterocycles. The Bertz CT molecular complexity index is 232. The first kappa shape index (κ1) is 11.0. The normalized spacial score (nSPS) is 34.9. The second-order valence-corrected chi connectivity index (χ2v) is 5.53. The zero-order chi connectivity index (χ0) is 10.8. The highest BCUT2D eigenvalue weighted by atomic mass is 16.7. The molecule has 1 saturated carbocycles. The zero-order valence-electron chi connectivity index (χ0n) is 10.1. The molecular weight excluding hydrogens is 202 g/mol. The van der Waals surface area contributed by atoms with E-state index in [9.17, 15) is 0 Å². The fraction of sp³-hybridized carbons (Fsp3) is 1.00. The van der Waals surface area contributed by atoms with Gasteiger partial charge in [-0.1, -0.05) is 6.42 Å². The third-order valence-electron chi connectivity index (χ3n) is 4.19. The van der Waals surface area contributed by atoms with E-state index in [1.54, 1.807) is 0 Å². The highest BCUT2D eigenvalue weighted by molar-refractivity contribution is 4.84.